The fraction of sp³-hybridized carbons (Fsp3) is 1.00. The summed E-state index contributed by atoms with van der Waals surface area (Å²) in [6.07, 6.45) is 2.25. The van der Waals surface area contributed by atoms with Crippen molar-refractivity contribution < 1.29 is 9.50 Å². The average molecular weight is 147 g/mol. The number of aliphatic hydroxyl groups is 1. The summed E-state index contributed by atoms with van der Waals surface area (Å²) in [5.41, 5.74) is 4.24. The highest BCUT2D eigenvalue weighted by Crippen LogP contribution is 2.30. The summed E-state index contributed by atoms with van der Waals surface area (Å²) >= 11 is 0. The number of aliphatic hydroxyl groups excluding tert-OH is 1. The Bertz CT molecular complexity index is 110. The molecule has 1 saturated carbocycles. The van der Waals surface area contributed by atoms with Gasteiger partial charge in [0.15, 0.2) is 0 Å². The summed E-state index contributed by atoms with van der Waals surface area (Å²) in [7, 11) is 0. The van der Waals surface area contributed by atoms with Crippen molar-refractivity contribution in [3.63, 3.8) is 0 Å². The van der Waals surface area contributed by atoms with Gasteiger partial charge in [-0.1, -0.05) is 0 Å². The van der Waals surface area contributed by atoms with Crippen LogP contribution in [0.3, 0.4) is 0 Å². The molecule has 2 nitrogen and oxygen atoms in total. The highest BCUT2D eigenvalue weighted by Gasteiger charge is 2.33. The zero-order chi connectivity index (χ0) is 7.61. The summed E-state index contributed by atoms with van der Waals surface area (Å²) < 4.78 is 13.2. The molecule has 0 aromatic rings. The molecule has 1 aliphatic rings. The Kier molecular flexibility index (Phi) is 2.26. The zero-order valence-corrected chi connectivity index (χ0v) is 6.02. The maximum Gasteiger partial charge on any atom is 0.134 e. The minimum atomic E-state index is -1.32. The van der Waals surface area contributed by atoms with Gasteiger partial charge in [0.2, 0.25) is 0 Å². The van der Waals surface area contributed by atoms with Crippen LogP contribution in [-0.2, 0) is 0 Å². The molecule has 0 aromatic carbocycles. The van der Waals surface area contributed by atoms with Crippen LogP contribution in [0.15, 0.2) is 0 Å². The molecule has 0 heterocycles. The van der Waals surface area contributed by atoms with Crippen molar-refractivity contribution in [2.45, 2.75) is 37.4 Å². The van der Waals surface area contributed by atoms with E-state index in [4.69, 9.17) is 10.8 Å². The number of halogens is 1. The maximum absolute atomic E-state index is 13.2. The van der Waals surface area contributed by atoms with E-state index >= 15 is 0 Å². The number of nitrogens with two attached hydrogens (primary N) is 1. The Hall–Kier alpha value is -0.150. The van der Waals surface area contributed by atoms with Gasteiger partial charge in [0, 0.05) is 6.04 Å². The van der Waals surface area contributed by atoms with Crippen molar-refractivity contribution in [3.8, 4) is 0 Å². The minimum absolute atomic E-state index is 0.149. The quantitative estimate of drug-likeness (QED) is 0.570. The van der Waals surface area contributed by atoms with Crippen LogP contribution in [0.5, 0.6) is 0 Å². The molecule has 0 radical (unpaired) electrons. The molecule has 1 rings (SSSR count). The van der Waals surface area contributed by atoms with E-state index in [9.17, 15) is 4.39 Å². The smallest absolute Gasteiger partial charge is 0.134 e. The van der Waals surface area contributed by atoms with Crippen LogP contribution >= 0.6 is 0 Å². The van der Waals surface area contributed by atoms with E-state index in [1.165, 1.54) is 0 Å². The van der Waals surface area contributed by atoms with Crippen LogP contribution in [0.1, 0.15) is 25.7 Å². The zero-order valence-electron chi connectivity index (χ0n) is 6.02. The molecule has 60 valence electrons. The maximum atomic E-state index is 13.2. The normalized spacial score (nSPS) is 41.7. The molecule has 0 atom stereocenters. The lowest BCUT2D eigenvalue weighted by Gasteiger charge is -2.30. The molecule has 0 amide bonds. The van der Waals surface area contributed by atoms with Gasteiger partial charge in [0.1, 0.15) is 5.67 Å². The summed E-state index contributed by atoms with van der Waals surface area (Å²) in [5, 5.41) is 8.62. The second-order valence-electron chi connectivity index (χ2n) is 3.15. The SMILES string of the molecule is NC1CCC(F)(CO)CC1. The molecule has 0 aliphatic heterocycles. The molecule has 3 N–H and O–H groups in total. The van der Waals surface area contributed by atoms with Crippen molar-refractivity contribution in [1.82, 2.24) is 0 Å². The minimum Gasteiger partial charge on any atom is -0.393 e. The van der Waals surface area contributed by atoms with Gasteiger partial charge in [-0.2, -0.15) is 0 Å². The molecule has 0 saturated heterocycles. The number of hydrogen-bond donors (Lipinski definition) is 2. The summed E-state index contributed by atoms with van der Waals surface area (Å²) in [6.45, 7) is -0.348. The van der Waals surface area contributed by atoms with Crippen molar-refractivity contribution in [3.05, 3.63) is 0 Å². The third-order valence-corrected chi connectivity index (χ3v) is 2.21. The molecule has 0 bridgehead atoms. The molecular weight excluding hydrogens is 133 g/mol. The van der Waals surface area contributed by atoms with E-state index in [0.717, 1.165) is 0 Å². The first-order chi connectivity index (χ1) is 4.66. The van der Waals surface area contributed by atoms with Crippen molar-refractivity contribution >= 4 is 0 Å². The Labute approximate surface area is 60.2 Å². The van der Waals surface area contributed by atoms with Gasteiger partial charge in [0.05, 0.1) is 6.61 Å². The summed E-state index contributed by atoms with van der Waals surface area (Å²) in [6, 6.07) is 0.149. The first-order valence-corrected chi connectivity index (χ1v) is 3.72. The molecule has 1 fully saturated rings. The molecule has 0 spiro atoms. The van der Waals surface area contributed by atoms with Crippen LogP contribution in [-0.4, -0.2) is 23.4 Å². The summed E-state index contributed by atoms with van der Waals surface area (Å²) in [4.78, 5) is 0. The third-order valence-electron chi connectivity index (χ3n) is 2.21. The van der Waals surface area contributed by atoms with E-state index in [2.05, 4.69) is 0 Å². The lowest BCUT2D eigenvalue weighted by Crippen LogP contribution is -2.38. The molecular formula is C7H14FNO. The Morgan fingerprint density at radius 2 is 2.00 bits per heavy atom. The van der Waals surface area contributed by atoms with Crippen LogP contribution in [0.4, 0.5) is 4.39 Å². The fourth-order valence-electron chi connectivity index (χ4n) is 1.32. The molecule has 0 aromatic heterocycles. The lowest BCUT2D eigenvalue weighted by molar-refractivity contribution is 0.0320. The van der Waals surface area contributed by atoms with E-state index < -0.39 is 5.67 Å². The molecule has 10 heavy (non-hydrogen) atoms. The monoisotopic (exact) mass is 147 g/mol. The largest absolute Gasteiger partial charge is 0.393 e. The topological polar surface area (TPSA) is 46.2 Å². The van der Waals surface area contributed by atoms with Gasteiger partial charge >= 0.3 is 0 Å². The van der Waals surface area contributed by atoms with E-state index in [1.807, 2.05) is 0 Å². The molecule has 1 aliphatic carbocycles. The highest BCUT2D eigenvalue weighted by molar-refractivity contribution is 4.86. The first kappa shape index (κ1) is 7.95. The second-order valence-corrected chi connectivity index (χ2v) is 3.15. The van der Waals surface area contributed by atoms with Gasteiger partial charge in [0.25, 0.3) is 0 Å². The van der Waals surface area contributed by atoms with E-state index in [-0.39, 0.29) is 12.6 Å². The van der Waals surface area contributed by atoms with Gasteiger partial charge in [-0.3, -0.25) is 0 Å². The standard InChI is InChI=1S/C7H14FNO/c8-7(5-10)3-1-6(9)2-4-7/h6,10H,1-5,9H2. The fourth-order valence-corrected chi connectivity index (χ4v) is 1.32. The highest BCUT2D eigenvalue weighted by atomic mass is 19.1. The van der Waals surface area contributed by atoms with Crippen LogP contribution < -0.4 is 5.73 Å². The van der Waals surface area contributed by atoms with Gasteiger partial charge in [-0.05, 0) is 25.7 Å². The van der Waals surface area contributed by atoms with Crippen LogP contribution in [0.2, 0.25) is 0 Å². The Morgan fingerprint density at radius 1 is 1.50 bits per heavy atom. The average Bonchev–Trinajstić information content (AvgIpc) is 1.96. The number of hydrogen-bond acceptors (Lipinski definition) is 2. The molecule has 3 heteroatoms. The Balaban J connectivity index is 2.38. The van der Waals surface area contributed by atoms with Gasteiger partial charge in [-0.15, -0.1) is 0 Å². The molecule has 0 unspecified atom stereocenters. The lowest BCUT2D eigenvalue weighted by atomic mass is 9.84. The van der Waals surface area contributed by atoms with Crippen molar-refractivity contribution in [1.29, 1.82) is 0 Å². The van der Waals surface area contributed by atoms with Gasteiger partial charge in [-0.25, -0.2) is 4.39 Å². The second kappa shape index (κ2) is 2.84. The Morgan fingerprint density at radius 3 is 2.40 bits per heavy atom. The van der Waals surface area contributed by atoms with Crippen LogP contribution in [0, 0.1) is 0 Å². The van der Waals surface area contributed by atoms with Gasteiger partial charge < -0.3 is 10.8 Å². The predicted molar refractivity (Wildman–Crippen MR) is 37.4 cm³/mol. The van der Waals surface area contributed by atoms with E-state index in [0.29, 0.717) is 25.7 Å². The summed E-state index contributed by atoms with van der Waals surface area (Å²) in [5.74, 6) is 0. The van der Waals surface area contributed by atoms with Crippen LogP contribution in [0.25, 0.3) is 0 Å². The van der Waals surface area contributed by atoms with E-state index in [1.54, 1.807) is 0 Å². The van der Waals surface area contributed by atoms with Crippen molar-refractivity contribution in [2.75, 3.05) is 6.61 Å². The number of rotatable bonds is 1. The van der Waals surface area contributed by atoms with Crippen molar-refractivity contribution in [2.24, 2.45) is 5.73 Å². The first-order valence-electron chi connectivity index (χ1n) is 3.72. The third kappa shape index (κ3) is 1.67. The number of alkyl halides is 1. The predicted octanol–water partition coefficient (Wildman–Crippen LogP) is 0.588.